The fourth-order valence-electron chi connectivity index (χ4n) is 1.88. The first kappa shape index (κ1) is 15.5. The number of hydrazine groups is 1. The van der Waals surface area contributed by atoms with Crippen LogP contribution in [0.1, 0.15) is 10.5 Å². The summed E-state index contributed by atoms with van der Waals surface area (Å²) in [5.41, 5.74) is 4.67. The molecule has 0 saturated heterocycles. The van der Waals surface area contributed by atoms with Gasteiger partial charge in [-0.2, -0.15) is 0 Å². The summed E-state index contributed by atoms with van der Waals surface area (Å²) in [5, 5.41) is 7.41. The minimum atomic E-state index is -1.12. The van der Waals surface area contributed by atoms with Gasteiger partial charge in [0.2, 0.25) is 0 Å². The molecule has 0 radical (unpaired) electrons. The minimum absolute atomic E-state index is 0.0661. The second kappa shape index (κ2) is 6.41. The fourth-order valence-corrected chi connectivity index (χ4v) is 1.88. The lowest BCUT2D eigenvalue weighted by Gasteiger charge is -2.08. The van der Waals surface area contributed by atoms with Gasteiger partial charge in [-0.3, -0.25) is 15.6 Å². The summed E-state index contributed by atoms with van der Waals surface area (Å²) in [6, 6.07) is 8.91. The van der Waals surface area contributed by atoms with Crippen molar-refractivity contribution in [2.45, 2.75) is 0 Å². The van der Waals surface area contributed by atoms with Crippen molar-refractivity contribution in [1.29, 1.82) is 0 Å². The van der Waals surface area contributed by atoms with Gasteiger partial charge in [-0.05, 0) is 36.4 Å². The number of carbonyl (C=O) groups is 1. The SMILES string of the molecule is O=C(NNc1cccc(F)c1F)c1cn(-c2ccc(F)cc2)nn1. The first-order chi connectivity index (χ1) is 11.5. The van der Waals surface area contributed by atoms with Crippen LogP contribution in [-0.2, 0) is 0 Å². The van der Waals surface area contributed by atoms with Crippen molar-refractivity contribution < 1.29 is 18.0 Å². The van der Waals surface area contributed by atoms with Crippen molar-refractivity contribution in [2.24, 2.45) is 0 Å². The van der Waals surface area contributed by atoms with Crippen LogP contribution < -0.4 is 10.9 Å². The van der Waals surface area contributed by atoms with E-state index in [-0.39, 0.29) is 11.4 Å². The Morgan fingerprint density at radius 1 is 1.04 bits per heavy atom. The molecule has 0 fully saturated rings. The van der Waals surface area contributed by atoms with Gasteiger partial charge in [0, 0.05) is 0 Å². The number of hydrogen-bond donors (Lipinski definition) is 2. The molecule has 3 aromatic rings. The highest BCUT2D eigenvalue weighted by Crippen LogP contribution is 2.15. The highest BCUT2D eigenvalue weighted by atomic mass is 19.2. The van der Waals surface area contributed by atoms with Crippen molar-refractivity contribution in [1.82, 2.24) is 20.4 Å². The summed E-state index contributed by atoms with van der Waals surface area (Å²) in [5.74, 6) is -3.27. The van der Waals surface area contributed by atoms with E-state index < -0.39 is 23.4 Å². The number of nitrogens with zero attached hydrogens (tertiary/aromatic N) is 3. The Labute approximate surface area is 133 Å². The second-order valence-corrected chi connectivity index (χ2v) is 4.71. The molecule has 9 heteroatoms. The van der Waals surface area contributed by atoms with Crippen molar-refractivity contribution in [2.75, 3.05) is 5.43 Å². The van der Waals surface area contributed by atoms with E-state index in [0.717, 1.165) is 6.07 Å². The third kappa shape index (κ3) is 3.19. The summed E-state index contributed by atoms with van der Waals surface area (Å²) in [4.78, 5) is 11.9. The largest absolute Gasteiger partial charge is 0.295 e. The third-order valence-corrected chi connectivity index (χ3v) is 3.08. The Bertz CT molecular complexity index is 879. The average Bonchev–Trinajstić information content (AvgIpc) is 3.07. The molecule has 0 spiro atoms. The predicted octanol–water partition coefficient (Wildman–Crippen LogP) is 2.44. The Kier molecular flexibility index (Phi) is 4.15. The molecule has 24 heavy (non-hydrogen) atoms. The third-order valence-electron chi connectivity index (χ3n) is 3.08. The topological polar surface area (TPSA) is 71.8 Å². The van der Waals surface area contributed by atoms with Crippen LogP contribution in [0.3, 0.4) is 0 Å². The average molecular weight is 333 g/mol. The smallest absolute Gasteiger partial charge is 0.291 e. The zero-order valence-electron chi connectivity index (χ0n) is 12.0. The Morgan fingerprint density at radius 2 is 1.79 bits per heavy atom. The molecule has 0 saturated carbocycles. The van der Waals surface area contributed by atoms with Crippen LogP contribution in [0.15, 0.2) is 48.7 Å². The molecular weight excluding hydrogens is 323 g/mol. The summed E-state index contributed by atoms with van der Waals surface area (Å²) in [7, 11) is 0. The van der Waals surface area contributed by atoms with E-state index in [4.69, 9.17) is 0 Å². The van der Waals surface area contributed by atoms with E-state index in [1.54, 1.807) is 0 Å². The number of halogens is 3. The predicted molar refractivity (Wildman–Crippen MR) is 78.8 cm³/mol. The molecule has 122 valence electrons. The molecule has 3 rings (SSSR count). The molecule has 6 nitrogen and oxygen atoms in total. The van der Waals surface area contributed by atoms with Gasteiger partial charge in [0.05, 0.1) is 17.6 Å². The maximum absolute atomic E-state index is 13.5. The molecule has 0 bridgehead atoms. The molecule has 0 aliphatic carbocycles. The quantitative estimate of drug-likeness (QED) is 0.720. The molecule has 0 aliphatic heterocycles. The van der Waals surface area contributed by atoms with Gasteiger partial charge in [0.15, 0.2) is 17.3 Å². The van der Waals surface area contributed by atoms with Gasteiger partial charge < -0.3 is 0 Å². The van der Waals surface area contributed by atoms with E-state index in [1.165, 1.54) is 47.3 Å². The molecule has 2 aromatic carbocycles. The number of carbonyl (C=O) groups excluding carboxylic acids is 1. The van der Waals surface area contributed by atoms with E-state index in [1.807, 2.05) is 0 Å². The molecule has 0 atom stereocenters. The minimum Gasteiger partial charge on any atom is -0.295 e. The molecule has 0 aliphatic rings. The lowest BCUT2D eigenvalue weighted by molar-refractivity contribution is 0.0957. The summed E-state index contributed by atoms with van der Waals surface area (Å²) < 4.78 is 40.7. The maximum Gasteiger partial charge on any atom is 0.291 e. The summed E-state index contributed by atoms with van der Waals surface area (Å²) in [6.07, 6.45) is 1.31. The molecule has 1 aromatic heterocycles. The second-order valence-electron chi connectivity index (χ2n) is 4.71. The Balaban J connectivity index is 1.70. The van der Waals surface area contributed by atoms with E-state index in [9.17, 15) is 18.0 Å². The molecule has 1 amide bonds. The van der Waals surface area contributed by atoms with Crippen LogP contribution in [0.5, 0.6) is 0 Å². The van der Waals surface area contributed by atoms with E-state index >= 15 is 0 Å². The number of benzene rings is 2. The fraction of sp³-hybridized carbons (Fsp3) is 0. The molecular formula is C15H10F3N5O. The summed E-state index contributed by atoms with van der Waals surface area (Å²) in [6.45, 7) is 0. The highest BCUT2D eigenvalue weighted by molar-refractivity contribution is 5.92. The number of nitrogens with one attached hydrogen (secondary N) is 2. The van der Waals surface area contributed by atoms with Crippen LogP contribution in [0.2, 0.25) is 0 Å². The lowest BCUT2D eigenvalue weighted by Crippen LogP contribution is -2.30. The molecule has 1 heterocycles. The number of anilines is 1. The Hall–Kier alpha value is -3.36. The molecule has 2 N–H and O–H groups in total. The van der Waals surface area contributed by atoms with Gasteiger partial charge in [-0.1, -0.05) is 11.3 Å². The zero-order chi connectivity index (χ0) is 17.1. The summed E-state index contributed by atoms with van der Waals surface area (Å²) >= 11 is 0. The zero-order valence-corrected chi connectivity index (χ0v) is 12.0. The van der Waals surface area contributed by atoms with Gasteiger partial charge in [0.25, 0.3) is 5.91 Å². The Morgan fingerprint density at radius 3 is 2.54 bits per heavy atom. The maximum atomic E-state index is 13.5. The van der Waals surface area contributed by atoms with Crippen LogP contribution in [-0.4, -0.2) is 20.9 Å². The number of amides is 1. The number of hydrogen-bond acceptors (Lipinski definition) is 4. The van der Waals surface area contributed by atoms with Crippen LogP contribution in [0.25, 0.3) is 5.69 Å². The van der Waals surface area contributed by atoms with Gasteiger partial charge >= 0.3 is 0 Å². The van der Waals surface area contributed by atoms with E-state index in [2.05, 4.69) is 21.2 Å². The van der Waals surface area contributed by atoms with Gasteiger partial charge in [-0.25, -0.2) is 17.9 Å². The molecule has 0 unspecified atom stereocenters. The lowest BCUT2D eigenvalue weighted by atomic mass is 10.3. The highest BCUT2D eigenvalue weighted by Gasteiger charge is 2.13. The standard InChI is InChI=1S/C15H10F3N5O/c16-9-4-6-10(7-5-9)23-8-13(20-22-23)15(24)21-19-12-3-1-2-11(17)14(12)18/h1-8,19H,(H,21,24). The van der Waals surface area contributed by atoms with Gasteiger partial charge in [0.1, 0.15) is 5.82 Å². The number of aromatic nitrogens is 3. The van der Waals surface area contributed by atoms with Crippen molar-refractivity contribution in [3.8, 4) is 5.69 Å². The van der Waals surface area contributed by atoms with Crippen LogP contribution >= 0.6 is 0 Å². The normalized spacial score (nSPS) is 10.5. The van der Waals surface area contributed by atoms with Gasteiger partial charge in [-0.15, -0.1) is 5.10 Å². The van der Waals surface area contributed by atoms with Crippen molar-refractivity contribution >= 4 is 11.6 Å². The van der Waals surface area contributed by atoms with Crippen molar-refractivity contribution in [3.63, 3.8) is 0 Å². The first-order valence-corrected chi connectivity index (χ1v) is 6.73. The monoisotopic (exact) mass is 333 g/mol. The number of rotatable bonds is 4. The first-order valence-electron chi connectivity index (χ1n) is 6.73. The van der Waals surface area contributed by atoms with Crippen molar-refractivity contribution in [3.05, 3.63) is 71.8 Å². The van der Waals surface area contributed by atoms with E-state index in [0.29, 0.717) is 5.69 Å². The van der Waals surface area contributed by atoms with Crippen LogP contribution in [0, 0.1) is 17.5 Å². The van der Waals surface area contributed by atoms with Crippen LogP contribution in [0.4, 0.5) is 18.9 Å².